The molecule has 24 heavy (non-hydrogen) atoms. The second kappa shape index (κ2) is 7.49. The third-order valence-corrected chi connectivity index (χ3v) is 3.35. The summed E-state index contributed by atoms with van der Waals surface area (Å²) in [5.41, 5.74) is 0.0605. The highest BCUT2D eigenvalue weighted by Crippen LogP contribution is 2.30. The van der Waals surface area contributed by atoms with E-state index in [1.807, 2.05) is 32.0 Å². The molecule has 0 aliphatic rings. The lowest BCUT2D eigenvalue weighted by molar-refractivity contribution is -0.137. The number of amides is 1. The highest BCUT2D eigenvalue weighted by molar-refractivity contribution is 5.95. The third kappa shape index (κ3) is 4.83. The molecule has 2 rings (SSSR count). The van der Waals surface area contributed by atoms with Crippen LogP contribution in [0.5, 0.6) is 0 Å². The van der Waals surface area contributed by atoms with Gasteiger partial charge in [0.2, 0.25) is 5.91 Å². The van der Waals surface area contributed by atoms with Crippen molar-refractivity contribution in [3.05, 3.63) is 65.7 Å². The molecule has 3 nitrogen and oxygen atoms in total. The van der Waals surface area contributed by atoms with Gasteiger partial charge in [-0.1, -0.05) is 36.4 Å². The Hall–Kier alpha value is -2.34. The van der Waals surface area contributed by atoms with Crippen molar-refractivity contribution in [1.29, 1.82) is 0 Å². The molecule has 2 aromatic carbocycles. The van der Waals surface area contributed by atoms with Gasteiger partial charge in [0.15, 0.2) is 0 Å². The second-order valence-corrected chi connectivity index (χ2v) is 5.73. The zero-order valence-electron chi connectivity index (χ0n) is 13.4. The molecule has 0 radical (unpaired) electrons. The summed E-state index contributed by atoms with van der Waals surface area (Å²) in [6.45, 7) is 3.79. The standard InChI is InChI=1S/C18H19F3N2O/c1-12(2)22-16(13-7-4-3-5-8-13)17(24)23-15-10-6-9-14(11-15)18(19,20)21/h3-12,16,22H,1-2H3,(H,23,24)/t16-/m1/s1. The number of carbonyl (C=O) groups excluding carboxylic acids is 1. The maximum Gasteiger partial charge on any atom is 0.416 e. The van der Waals surface area contributed by atoms with Crippen LogP contribution in [0.15, 0.2) is 54.6 Å². The van der Waals surface area contributed by atoms with E-state index >= 15 is 0 Å². The van der Waals surface area contributed by atoms with Gasteiger partial charge >= 0.3 is 6.18 Å². The average molecular weight is 336 g/mol. The lowest BCUT2D eigenvalue weighted by Gasteiger charge is -2.21. The Bertz CT molecular complexity index is 684. The topological polar surface area (TPSA) is 41.1 Å². The number of hydrogen-bond acceptors (Lipinski definition) is 2. The second-order valence-electron chi connectivity index (χ2n) is 5.73. The molecule has 0 spiro atoms. The molecule has 128 valence electrons. The summed E-state index contributed by atoms with van der Waals surface area (Å²) < 4.78 is 38.3. The normalized spacial score (nSPS) is 12.9. The van der Waals surface area contributed by atoms with Gasteiger partial charge < -0.3 is 5.32 Å². The van der Waals surface area contributed by atoms with Crippen LogP contribution < -0.4 is 10.6 Å². The minimum Gasteiger partial charge on any atom is -0.324 e. The van der Waals surface area contributed by atoms with Crippen LogP contribution in [0, 0.1) is 0 Å². The largest absolute Gasteiger partial charge is 0.416 e. The first-order valence-electron chi connectivity index (χ1n) is 7.56. The van der Waals surface area contributed by atoms with Crippen molar-refractivity contribution in [2.75, 3.05) is 5.32 Å². The first-order chi connectivity index (χ1) is 11.3. The quantitative estimate of drug-likeness (QED) is 0.850. The maximum absolute atomic E-state index is 12.8. The monoisotopic (exact) mass is 336 g/mol. The molecule has 0 aliphatic heterocycles. The van der Waals surface area contributed by atoms with E-state index in [1.165, 1.54) is 12.1 Å². The molecular weight excluding hydrogens is 317 g/mol. The highest BCUT2D eigenvalue weighted by Gasteiger charge is 2.30. The molecule has 0 unspecified atom stereocenters. The minimum absolute atomic E-state index is 0.0301. The minimum atomic E-state index is -4.45. The van der Waals surface area contributed by atoms with Gasteiger partial charge in [0.1, 0.15) is 6.04 Å². The van der Waals surface area contributed by atoms with Crippen LogP contribution in [0.2, 0.25) is 0 Å². The van der Waals surface area contributed by atoms with E-state index in [9.17, 15) is 18.0 Å². The van der Waals surface area contributed by atoms with Crippen LogP contribution in [-0.2, 0) is 11.0 Å². The molecule has 0 aliphatic carbocycles. The Morgan fingerprint density at radius 2 is 1.67 bits per heavy atom. The van der Waals surface area contributed by atoms with Crippen molar-refractivity contribution in [3.63, 3.8) is 0 Å². The Balaban J connectivity index is 2.22. The van der Waals surface area contributed by atoms with Gasteiger partial charge in [-0.3, -0.25) is 10.1 Å². The molecule has 1 amide bonds. The molecule has 0 saturated carbocycles. The number of benzene rings is 2. The first kappa shape index (κ1) is 18.0. The maximum atomic E-state index is 12.8. The van der Waals surface area contributed by atoms with Crippen LogP contribution in [0.4, 0.5) is 18.9 Å². The molecule has 0 aromatic heterocycles. The number of anilines is 1. The number of halogens is 3. The fourth-order valence-electron chi connectivity index (χ4n) is 2.29. The summed E-state index contributed by atoms with van der Waals surface area (Å²) in [6.07, 6.45) is -4.45. The lowest BCUT2D eigenvalue weighted by Crippen LogP contribution is -2.37. The molecule has 0 fully saturated rings. The smallest absolute Gasteiger partial charge is 0.324 e. The van der Waals surface area contributed by atoms with Crippen molar-refractivity contribution in [2.24, 2.45) is 0 Å². The summed E-state index contributed by atoms with van der Waals surface area (Å²) in [5, 5.41) is 5.68. The van der Waals surface area contributed by atoms with E-state index in [2.05, 4.69) is 10.6 Å². The number of carbonyl (C=O) groups is 1. The van der Waals surface area contributed by atoms with Gasteiger partial charge in [-0.25, -0.2) is 0 Å². The van der Waals surface area contributed by atoms with Crippen molar-refractivity contribution >= 4 is 11.6 Å². The van der Waals surface area contributed by atoms with Crippen molar-refractivity contribution in [3.8, 4) is 0 Å². The SMILES string of the molecule is CC(C)N[C@@H](C(=O)Nc1cccc(C(F)(F)F)c1)c1ccccc1. The van der Waals surface area contributed by atoms with Crippen molar-refractivity contribution < 1.29 is 18.0 Å². The Labute approximate surface area is 138 Å². The molecule has 2 aromatic rings. The predicted octanol–water partition coefficient (Wildman–Crippen LogP) is 4.38. The van der Waals surface area contributed by atoms with Gasteiger partial charge in [0.25, 0.3) is 0 Å². The molecule has 0 saturated heterocycles. The number of alkyl halides is 3. The van der Waals surface area contributed by atoms with Crippen LogP contribution in [-0.4, -0.2) is 11.9 Å². The predicted molar refractivity (Wildman–Crippen MR) is 87.5 cm³/mol. The Kier molecular flexibility index (Phi) is 5.62. The van der Waals surface area contributed by atoms with E-state index in [-0.39, 0.29) is 11.7 Å². The van der Waals surface area contributed by atoms with Crippen molar-refractivity contribution in [1.82, 2.24) is 5.32 Å². The molecule has 2 N–H and O–H groups in total. The molecule has 6 heteroatoms. The Morgan fingerprint density at radius 3 is 2.25 bits per heavy atom. The van der Waals surface area contributed by atoms with E-state index in [1.54, 1.807) is 12.1 Å². The summed E-state index contributed by atoms with van der Waals surface area (Å²) in [6, 6.07) is 13.0. The Morgan fingerprint density at radius 1 is 1.00 bits per heavy atom. The number of hydrogen-bond donors (Lipinski definition) is 2. The lowest BCUT2D eigenvalue weighted by atomic mass is 10.0. The fraction of sp³-hybridized carbons (Fsp3) is 0.278. The zero-order valence-corrected chi connectivity index (χ0v) is 13.4. The van der Waals surface area contributed by atoms with Gasteiger partial charge in [-0.15, -0.1) is 0 Å². The van der Waals surface area contributed by atoms with E-state index in [4.69, 9.17) is 0 Å². The molecule has 1 atom stereocenters. The zero-order chi connectivity index (χ0) is 17.7. The van der Waals surface area contributed by atoms with E-state index < -0.39 is 23.7 Å². The average Bonchev–Trinajstić information content (AvgIpc) is 2.52. The molecule has 0 heterocycles. The van der Waals surface area contributed by atoms with Gasteiger partial charge in [0.05, 0.1) is 5.56 Å². The van der Waals surface area contributed by atoms with E-state index in [0.29, 0.717) is 0 Å². The van der Waals surface area contributed by atoms with Crippen LogP contribution >= 0.6 is 0 Å². The van der Waals surface area contributed by atoms with Gasteiger partial charge in [-0.05, 0) is 37.6 Å². The number of rotatable bonds is 5. The molecular formula is C18H19F3N2O. The summed E-state index contributed by atoms with van der Waals surface area (Å²) in [4.78, 5) is 12.6. The van der Waals surface area contributed by atoms with Crippen LogP contribution in [0.3, 0.4) is 0 Å². The highest BCUT2D eigenvalue weighted by atomic mass is 19.4. The van der Waals surface area contributed by atoms with E-state index in [0.717, 1.165) is 17.7 Å². The van der Waals surface area contributed by atoms with Crippen LogP contribution in [0.1, 0.15) is 31.0 Å². The number of nitrogens with one attached hydrogen (secondary N) is 2. The van der Waals surface area contributed by atoms with Crippen LogP contribution in [0.25, 0.3) is 0 Å². The first-order valence-corrected chi connectivity index (χ1v) is 7.56. The van der Waals surface area contributed by atoms with Gasteiger partial charge in [-0.2, -0.15) is 13.2 Å². The van der Waals surface area contributed by atoms with Crippen molar-refractivity contribution in [2.45, 2.75) is 32.1 Å². The summed E-state index contributed by atoms with van der Waals surface area (Å²) in [7, 11) is 0. The van der Waals surface area contributed by atoms with Gasteiger partial charge in [0, 0.05) is 11.7 Å². The third-order valence-electron chi connectivity index (χ3n) is 3.35. The fourth-order valence-corrected chi connectivity index (χ4v) is 2.29. The summed E-state index contributed by atoms with van der Waals surface area (Å²) in [5.74, 6) is -0.408. The molecule has 0 bridgehead atoms. The summed E-state index contributed by atoms with van der Waals surface area (Å²) >= 11 is 0.